The molecule has 1 aliphatic heterocycles. The SMILES string of the molecule is Cc1ccc(O)c(-c2n[nH]c3c2[C@@H](c2cccc(O)c2)N(CCCOC(C)C)C3=O)c1. The van der Waals surface area contributed by atoms with Crippen LogP contribution < -0.4 is 0 Å². The molecule has 3 N–H and O–H groups in total. The van der Waals surface area contributed by atoms with Crippen LogP contribution in [0.25, 0.3) is 11.3 Å². The molecule has 0 radical (unpaired) electrons. The molecule has 0 unspecified atom stereocenters. The number of nitrogens with zero attached hydrogens (tertiary/aromatic N) is 2. The van der Waals surface area contributed by atoms with Crippen LogP contribution in [0.4, 0.5) is 0 Å². The highest BCUT2D eigenvalue weighted by Gasteiger charge is 2.42. The highest BCUT2D eigenvalue weighted by Crippen LogP contribution is 2.45. The van der Waals surface area contributed by atoms with Crippen LogP contribution in [0.2, 0.25) is 0 Å². The molecule has 7 heteroatoms. The number of phenols is 2. The summed E-state index contributed by atoms with van der Waals surface area (Å²) in [5.41, 5.74) is 3.99. The minimum Gasteiger partial charge on any atom is -0.508 e. The molecule has 162 valence electrons. The topological polar surface area (TPSA) is 98.7 Å². The molecule has 2 aromatic carbocycles. The number of rotatable bonds is 7. The summed E-state index contributed by atoms with van der Waals surface area (Å²) in [6, 6.07) is 11.8. The third-order valence-electron chi connectivity index (χ3n) is 5.45. The van der Waals surface area contributed by atoms with E-state index < -0.39 is 6.04 Å². The molecule has 4 rings (SSSR count). The van der Waals surface area contributed by atoms with Crippen molar-refractivity contribution in [3.05, 3.63) is 64.8 Å². The quantitative estimate of drug-likeness (QED) is 0.498. The van der Waals surface area contributed by atoms with Crippen LogP contribution in [0, 0.1) is 6.92 Å². The Balaban J connectivity index is 1.78. The lowest BCUT2D eigenvalue weighted by atomic mass is 9.95. The maximum atomic E-state index is 13.3. The Morgan fingerprint density at radius 3 is 2.74 bits per heavy atom. The number of H-pyrrole nitrogens is 1. The van der Waals surface area contributed by atoms with Gasteiger partial charge in [0, 0.05) is 24.3 Å². The smallest absolute Gasteiger partial charge is 0.273 e. The summed E-state index contributed by atoms with van der Waals surface area (Å²) >= 11 is 0. The number of aromatic amines is 1. The van der Waals surface area contributed by atoms with Gasteiger partial charge in [-0.25, -0.2) is 0 Å². The predicted molar refractivity (Wildman–Crippen MR) is 117 cm³/mol. The van der Waals surface area contributed by atoms with E-state index in [0.29, 0.717) is 42.1 Å². The van der Waals surface area contributed by atoms with Crippen LogP contribution in [0.5, 0.6) is 11.5 Å². The van der Waals surface area contributed by atoms with E-state index in [2.05, 4.69) is 10.2 Å². The average molecular weight is 421 g/mol. The van der Waals surface area contributed by atoms with Gasteiger partial charge in [-0.2, -0.15) is 5.10 Å². The van der Waals surface area contributed by atoms with Gasteiger partial charge in [-0.1, -0.05) is 23.8 Å². The fraction of sp³-hybridized carbons (Fsp3) is 0.333. The van der Waals surface area contributed by atoms with Crippen LogP contribution in [0.1, 0.15) is 53.5 Å². The second-order valence-electron chi connectivity index (χ2n) is 8.15. The number of carbonyl (C=O) groups is 1. The maximum Gasteiger partial charge on any atom is 0.273 e. The van der Waals surface area contributed by atoms with E-state index in [1.807, 2.05) is 39.0 Å². The van der Waals surface area contributed by atoms with Gasteiger partial charge >= 0.3 is 0 Å². The van der Waals surface area contributed by atoms with Crippen molar-refractivity contribution < 1.29 is 19.7 Å². The summed E-state index contributed by atoms with van der Waals surface area (Å²) in [4.78, 5) is 15.1. The van der Waals surface area contributed by atoms with Gasteiger partial charge < -0.3 is 19.8 Å². The number of hydrogen-bond donors (Lipinski definition) is 3. The molecule has 2 heterocycles. The number of benzene rings is 2. The number of aromatic hydroxyl groups is 2. The van der Waals surface area contributed by atoms with Crippen LogP contribution in [0.3, 0.4) is 0 Å². The van der Waals surface area contributed by atoms with Crippen molar-refractivity contribution in [1.82, 2.24) is 15.1 Å². The van der Waals surface area contributed by atoms with Gasteiger partial charge in [0.05, 0.1) is 12.1 Å². The fourth-order valence-electron chi connectivity index (χ4n) is 4.07. The lowest BCUT2D eigenvalue weighted by Crippen LogP contribution is -2.31. The van der Waals surface area contributed by atoms with Crippen molar-refractivity contribution in [2.24, 2.45) is 0 Å². The first-order valence-corrected chi connectivity index (χ1v) is 10.5. The van der Waals surface area contributed by atoms with Gasteiger partial charge in [0.1, 0.15) is 22.9 Å². The van der Waals surface area contributed by atoms with Crippen molar-refractivity contribution in [3.8, 4) is 22.8 Å². The van der Waals surface area contributed by atoms with Crippen molar-refractivity contribution in [2.75, 3.05) is 13.2 Å². The van der Waals surface area contributed by atoms with E-state index in [1.165, 1.54) is 0 Å². The molecule has 0 aliphatic carbocycles. The molecule has 1 aliphatic rings. The largest absolute Gasteiger partial charge is 0.508 e. The number of phenolic OH excluding ortho intramolecular Hbond substituents is 2. The van der Waals surface area contributed by atoms with E-state index in [1.54, 1.807) is 29.2 Å². The number of amides is 1. The maximum absolute atomic E-state index is 13.3. The highest BCUT2D eigenvalue weighted by atomic mass is 16.5. The zero-order valence-corrected chi connectivity index (χ0v) is 17.9. The number of nitrogens with one attached hydrogen (secondary N) is 1. The number of ether oxygens (including phenoxy) is 1. The van der Waals surface area contributed by atoms with Crippen molar-refractivity contribution in [1.29, 1.82) is 0 Å². The van der Waals surface area contributed by atoms with Crippen molar-refractivity contribution >= 4 is 5.91 Å². The zero-order valence-electron chi connectivity index (χ0n) is 17.9. The van der Waals surface area contributed by atoms with E-state index >= 15 is 0 Å². The summed E-state index contributed by atoms with van der Waals surface area (Å²) in [5.74, 6) is 0.0783. The molecule has 0 saturated carbocycles. The van der Waals surface area contributed by atoms with Gasteiger partial charge in [-0.3, -0.25) is 9.89 Å². The van der Waals surface area contributed by atoms with Crippen molar-refractivity contribution in [3.63, 3.8) is 0 Å². The normalized spacial score (nSPS) is 15.7. The summed E-state index contributed by atoms with van der Waals surface area (Å²) in [7, 11) is 0. The first kappa shape index (κ1) is 20.9. The van der Waals surface area contributed by atoms with Gasteiger partial charge in [-0.05, 0) is 57.0 Å². The van der Waals surface area contributed by atoms with Crippen LogP contribution in [-0.2, 0) is 4.74 Å². The Morgan fingerprint density at radius 1 is 1.19 bits per heavy atom. The summed E-state index contributed by atoms with van der Waals surface area (Å²) in [6.45, 7) is 6.94. The molecule has 0 bridgehead atoms. The third kappa shape index (κ3) is 4.01. The molecule has 3 aromatic rings. The molecule has 0 spiro atoms. The molecule has 0 saturated heterocycles. The Labute approximate surface area is 181 Å². The molecule has 7 nitrogen and oxygen atoms in total. The Bertz CT molecular complexity index is 1110. The first-order valence-electron chi connectivity index (χ1n) is 10.5. The van der Waals surface area contributed by atoms with E-state index in [9.17, 15) is 15.0 Å². The molecule has 1 aromatic heterocycles. The van der Waals surface area contributed by atoms with E-state index in [-0.39, 0.29) is 23.5 Å². The van der Waals surface area contributed by atoms with E-state index in [4.69, 9.17) is 4.74 Å². The zero-order chi connectivity index (χ0) is 22.1. The Kier molecular flexibility index (Phi) is 5.69. The van der Waals surface area contributed by atoms with Crippen LogP contribution in [0.15, 0.2) is 42.5 Å². The third-order valence-corrected chi connectivity index (χ3v) is 5.45. The Morgan fingerprint density at radius 2 is 2.00 bits per heavy atom. The number of aryl methyl sites for hydroxylation is 1. The second kappa shape index (κ2) is 8.43. The molecule has 31 heavy (non-hydrogen) atoms. The number of hydrogen-bond acceptors (Lipinski definition) is 5. The minimum absolute atomic E-state index is 0.103. The lowest BCUT2D eigenvalue weighted by Gasteiger charge is -2.26. The van der Waals surface area contributed by atoms with Gasteiger partial charge in [0.15, 0.2) is 0 Å². The monoisotopic (exact) mass is 421 g/mol. The van der Waals surface area contributed by atoms with Gasteiger partial charge in [-0.15, -0.1) is 0 Å². The first-order chi connectivity index (χ1) is 14.9. The standard InChI is InChI=1S/C24H27N3O4/c1-14(2)31-11-5-10-27-23(16-6-4-7-17(28)13-16)20-21(25-26-22(20)24(27)30)18-12-15(3)8-9-19(18)29/h4,6-9,12-14,23,28-29H,5,10-11H2,1-3H3,(H,25,26)/t23-/m1/s1. The second-order valence-corrected chi connectivity index (χ2v) is 8.15. The van der Waals surface area contributed by atoms with Crippen LogP contribution in [-0.4, -0.2) is 50.5 Å². The molecule has 0 fully saturated rings. The molecular formula is C24H27N3O4. The lowest BCUT2D eigenvalue weighted by molar-refractivity contribution is 0.0601. The van der Waals surface area contributed by atoms with Gasteiger partial charge in [0.25, 0.3) is 5.91 Å². The molecule has 1 atom stereocenters. The molecular weight excluding hydrogens is 394 g/mol. The van der Waals surface area contributed by atoms with Gasteiger partial charge in [0.2, 0.25) is 0 Å². The predicted octanol–water partition coefficient (Wildman–Crippen LogP) is 4.16. The Hall–Kier alpha value is -3.32. The van der Waals surface area contributed by atoms with Crippen molar-refractivity contribution in [2.45, 2.75) is 39.3 Å². The fourth-order valence-corrected chi connectivity index (χ4v) is 4.07. The van der Waals surface area contributed by atoms with E-state index in [0.717, 1.165) is 11.1 Å². The average Bonchev–Trinajstić information content (AvgIpc) is 3.26. The number of fused-ring (bicyclic) bond motifs is 1. The number of carbonyl (C=O) groups excluding carboxylic acids is 1. The summed E-state index contributed by atoms with van der Waals surface area (Å²) < 4.78 is 5.65. The molecule has 1 amide bonds. The number of aromatic nitrogens is 2. The summed E-state index contributed by atoms with van der Waals surface area (Å²) in [6.07, 6.45) is 0.811. The minimum atomic E-state index is -0.428. The summed E-state index contributed by atoms with van der Waals surface area (Å²) in [5, 5.41) is 27.8. The highest BCUT2D eigenvalue weighted by molar-refractivity contribution is 6.00. The van der Waals surface area contributed by atoms with Crippen LogP contribution >= 0.6 is 0 Å².